The number of hydrogen-bond acceptors (Lipinski definition) is 2. The average Bonchev–Trinajstić information content (AvgIpc) is 2.31. The lowest BCUT2D eigenvalue weighted by Crippen LogP contribution is -1.97. The highest BCUT2D eigenvalue weighted by Crippen LogP contribution is 2.17. The average molecular weight is 231 g/mol. The minimum absolute atomic E-state index is 0.211. The van der Waals surface area contributed by atoms with Crippen LogP contribution >= 0.6 is 0 Å². The number of benzene rings is 1. The van der Waals surface area contributed by atoms with Crippen molar-refractivity contribution in [2.75, 3.05) is 0 Å². The van der Waals surface area contributed by atoms with Crippen molar-refractivity contribution < 1.29 is 9.13 Å². The topological polar surface area (TPSA) is 22.1 Å². The van der Waals surface area contributed by atoms with E-state index in [0.717, 1.165) is 11.3 Å². The van der Waals surface area contributed by atoms with Crippen LogP contribution < -0.4 is 4.74 Å². The van der Waals surface area contributed by atoms with Crippen molar-refractivity contribution in [2.45, 2.75) is 20.5 Å². The number of halogens is 1. The lowest BCUT2D eigenvalue weighted by atomic mass is 10.2. The standard InChI is InChI=1S/C14H14FNO/c1-10-7-13(3-4-14(10)15)17-9-12-5-6-16-11(2)8-12/h3-8H,9H2,1-2H3. The second-order valence-corrected chi connectivity index (χ2v) is 4.01. The third-order valence-corrected chi connectivity index (χ3v) is 2.50. The molecule has 17 heavy (non-hydrogen) atoms. The summed E-state index contributed by atoms with van der Waals surface area (Å²) in [4.78, 5) is 4.12. The Bertz CT molecular complexity index is 525. The summed E-state index contributed by atoms with van der Waals surface area (Å²) >= 11 is 0. The zero-order chi connectivity index (χ0) is 12.3. The maximum absolute atomic E-state index is 13.1. The SMILES string of the molecule is Cc1cc(COc2ccc(F)c(C)c2)ccn1. The van der Waals surface area contributed by atoms with Crippen LogP contribution in [-0.4, -0.2) is 4.98 Å². The van der Waals surface area contributed by atoms with Gasteiger partial charge in [0, 0.05) is 11.9 Å². The second kappa shape index (κ2) is 4.95. The normalized spacial score (nSPS) is 10.3. The number of ether oxygens (including phenoxy) is 1. The number of aryl methyl sites for hydroxylation is 2. The number of hydrogen-bond donors (Lipinski definition) is 0. The molecule has 0 unspecified atom stereocenters. The molecule has 0 aliphatic rings. The van der Waals surface area contributed by atoms with E-state index in [1.165, 1.54) is 6.07 Å². The van der Waals surface area contributed by atoms with E-state index >= 15 is 0 Å². The molecule has 0 amide bonds. The first-order valence-electron chi connectivity index (χ1n) is 5.45. The van der Waals surface area contributed by atoms with Crippen LogP contribution in [0.3, 0.4) is 0 Å². The van der Waals surface area contributed by atoms with E-state index in [9.17, 15) is 4.39 Å². The highest BCUT2D eigenvalue weighted by molar-refractivity contribution is 5.29. The molecule has 0 aliphatic heterocycles. The molecule has 0 aliphatic carbocycles. The molecule has 0 atom stereocenters. The zero-order valence-electron chi connectivity index (χ0n) is 9.90. The molecule has 0 saturated heterocycles. The maximum atomic E-state index is 13.1. The van der Waals surface area contributed by atoms with Crippen LogP contribution in [0.5, 0.6) is 5.75 Å². The fourth-order valence-corrected chi connectivity index (χ4v) is 1.57. The van der Waals surface area contributed by atoms with E-state index in [4.69, 9.17) is 4.74 Å². The molecule has 2 rings (SSSR count). The highest BCUT2D eigenvalue weighted by atomic mass is 19.1. The summed E-state index contributed by atoms with van der Waals surface area (Å²) in [6, 6.07) is 8.63. The van der Waals surface area contributed by atoms with Gasteiger partial charge in [-0.2, -0.15) is 0 Å². The summed E-state index contributed by atoms with van der Waals surface area (Å²) in [5, 5.41) is 0. The Morgan fingerprint density at radius 2 is 2.00 bits per heavy atom. The van der Waals surface area contributed by atoms with Crippen LogP contribution in [0.15, 0.2) is 36.5 Å². The third-order valence-electron chi connectivity index (χ3n) is 2.50. The summed E-state index contributed by atoms with van der Waals surface area (Å²) in [7, 11) is 0. The molecule has 0 saturated carbocycles. The van der Waals surface area contributed by atoms with E-state index in [1.54, 1.807) is 25.3 Å². The number of nitrogens with zero attached hydrogens (tertiary/aromatic N) is 1. The van der Waals surface area contributed by atoms with E-state index in [1.807, 2.05) is 19.1 Å². The molecule has 1 aromatic carbocycles. The molecule has 88 valence electrons. The fourth-order valence-electron chi connectivity index (χ4n) is 1.57. The minimum Gasteiger partial charge on any atom is -0.489 e. The summed E-state index contributed by atoms with van der Waals surface area (Å²) < 4.78 is 18.6. The molecule has 2 nitrogen and oxygen atoms in total. The lowest BCUT2D eigenvalue weighted by Gasteiger charge is -2.07. The van der Waals surface area contributed by atoms with Crippen LogP contribution in [0.1, 0.15) is 16.8 Å². The molecule has 1 heterocycles. The molecular weight excluding hydrogens is 217 g/mol. The van der Waals surface area contributed by atoms with Gasteiger partial charge in [-0.15, -0.1) is 0 Å². The monoisotopic (exact) mass is 231 g/mol. The molecule has 0 bridgehead atoms. The summed E-state index contributed by atoms with van der Waals surface area (Å²) in [6.45, 7) is 4.12. The highest BCUT2D eigenvalue weighted by Gasteiger charge is 2.00. The Kier molecular flexibility index (Phi) is 3.38. The van der Waals surface area contributed by atoms with Gasteiger partial charge in [0.15, 0.2) is 0 Å². The van der Waals surface area contributed by atoms with E-state index in [2.05, 4.69) is 4.98 Å². The minimum atomic E-state index is -0.211. The van der Waals surface area contributed by atoms with Gasteiger partial charge in [0.2, 0.25) is 0 Å². The van der Waals surface area contributed by atoms with Crippen molar-refractivity contribution in [2.24, 2.45) is 0 Å². The van der Waals surface area contributed by atoms with Crippen LogP contribution in [0, 0.1) is 19.7 Å². The van der Waals surface area contributed by atoms with Crippen molar-refractivity contribution in [3.05, 3.63) is 59.2 Å². The number of rotatable bonds is 3. The maximum Gasteiger partial charge on any atom is 0.126 e. The van der Waals surface area contributed by atoms with E-state index in [0.29, 0.717) is 17.9 Å². The molecule has 3 heteroatoms. The van der Waals surface area contributed by atoms with Gasteiger partial charge in [-0.3, -0.25) is 4.98 Å². The van der Waals surface area contributed by atoms with Gasteiger partial charge in [0.05, 0.1) is 0 Å². The van der Waals surface area contributed by atoms with Gasteiger partial charge in [-0.25, -0.2) is 4.39 Å². The Labute approximate surface area is 100 Å². The zero-order valence-corrected chi connectivity index (χ0v) is 9.90. The van der Waals surface area contributed by atoms with E-state index in [-0.39, 0.29) is 5.82 Å². The predicted octanol–water partition coefficient (Wildman–Crippen LogP) is 3.42. The van der Waals surface area contributed by atoms with Crippen molar-refractivity contribution in [1.82, 2.24) is 4.98 Å². The molecular formula is C14H14FNO. The smallest absolute Gasteiger partial charge is 0.126 e. The van der Waals surface area contributed by atoms with Gasteiger partial charge in [0.1, 0.15) is 18.2 Å². The molecule has 0 N–H and O–H groups in total. The van der Waals surface area contributed by atoms with Gasteiger partial charge in [0.25, 0.3) is 0 Å². The first-order chi connectivity index (χ1) is 8.15. The van der Waals surface area contributed by atoms with Crippen LogP contribution in [0.25, 0.3) is 0 Å². The summed E-state index contributed by atoms with van der Waals surface area (Å²) in [5.74, 6) is 0.468. The van der Waals surface area contributed by atoms with Gasteiger partial charge in [-0.1, -0.05) is 0 Å². The van der Waals surface area contributed by atoms with Crippen molar-refractivity contribution in [3.8, 4) is 5.75 Å². The molecule has 1 aromatic heterocycles. The van der Waals surface area contributed by atoms with Crippen LogP contribution in [0.4, 0.5) is 4.39 Å². The first-order valence-corrected chi connectivity index (χ1v) is 5.45. The molecule has 0 fully saturated rings. The van der Waals surface area contributed by atoms with Gasteiger partial charge in [-0.05, 0) is 55.3 Å². The molecule has 0 spiro atoms. The van der Waals surface area contributed by atoms with Crippen molar-refractivity contribution >= 4 is 0 Å². The van der Waals surface area contributed by atoms with Crippen molar-refractivity contribution in [1.29, 1.82) is 0 Å². The fraction of sp³-hybridized carbons (Fsp3) is 0.214. The number of pyridine rings is 1. The Hall–Kier alpha value is -1.90. The van der Waals surface area contributed by atoms with Crippen LogP contribution in [-0.2, 0) is 6.61 Å². The molecule has 2 aromatic rings. The van der Waals surface area contributed by atoms with Crippen LogP contribution in [0.2, 0.25) is 0 Å². The Morgan fingerprint density at radius 1 is 1.18 bits per heavy atom. The summed E-state index contributed by atoms with van der Waals surface area (Å²) in [6.07, 6.45) is 1.75. The number of aromatic nitrogens is 1. The second-order valence-electron chi connectivity index (χ2n) is 4.01. The predicted molar refractivity (Wildman–Crippen MR) is 64.4 cm³/mol. The Morgan fingerprint density at radius 3 is 2.71 bits per heavy atom. The largest absolute Gasteiger partial charge is 0.489 e. The lowest BCUT2D eigenvalue weighted by molar-refractivity contribution is 0.305. The quantitative estimate of drug-likeness (QED) is 0.807. The van der Waals surface area contributed by atoms with Gasteiger partial charge >= 0.3 is 0 Å². The summed E-state index contributed by atoms with van der Waals surface area (Å²) in [5.41, 5.74) is 2.61. The third kappa shape index (κ3) is 3.03. The first kappa shape index (κ1) is 11.6. The van der Waals surface area contributed by atoms with Crippen molar-refractivity contribution in [3.63, 3.8) is 0 Å². The molecule has 0 radical (unpaired) electrons. The van der Waals surface area contributed by atoms with Gasteiger partial charge < -0.3 is 4.74 Å². The van der Waals surface area contributed by atoms with E-state index < -0.39 is 0 Å². The Balaban J connectivity index is 2.05.